The first-order chi connectivity index (χ1) is 6.29. The van der Waals surface area contributed by atoms with E-state index in [1.807, 2.05) is 18.5 Å². The van der Waals surface area contributed by atoms with Crippen molar-refractivity contribution in [3.05, 3.63) is 30.1 Å². The van der Waals surface area contributed by atoms with E-state index >= 15 is 0 Å². The fraction of sp³-hybridized carbons (Fsp3) is 0.545. The fourth-order valence-electron chi connectivity index (χ4n) is 1.17. The van der Waals surface area contributed by atoms with E-state index < -0.39 is 0 Å². The molecule has 0 unspecified atom stereocenters. The summed E-state index contributed by atoms with van der Waals surface area (Å²) in [6.45, 7) is 6.58. The standard InChI is InChI=1S/C11H18N2/c1-10(2)8-13-7-5-11-4-3-6-12-9-11/h3-4,6,9-10,13H,5,7-8H2,1-2H3. The van der Waals surface area contributed by atoms with Gasteiger partial charge in [-0.1, -0.05) is 19.9 Å². The lowest BCUT2D eigenvalue weighted by Crippen LogP contribution is -2.22. The molecule has 0 aliphatic heterocycles. The number of pyridine rings is 1. The van der Waals surface area contributed by atoms with Crippen molar-refractivity contribution in [2.24, 2.45) is 5.92 Å². The summed E-state index contributed by atoms with van der Waals surface area (Å²) in [6, 6.07) is 4.10. The van der Waals surface area contributed by atoms with Gasteiger partial charge in [0.15, 0.2) is 0 Å². The van der Waals surface area contributed by atoms with Gasteiger partial charge in [0.2, 0.25) is 0 Å². The molecule has 0 aromatic carbocycles. The van der Waals surface area contributed by atoms with E-state index in [4.69, 9.17) is 0 Å². The van der Waals surface area contributed by atoms with Gasteiger partial charge in [0, 0.05) is 12.4 Å². The molecule has 0 radical (unpaired) electrons. The van der Waals surface area contributed by atoms with E-state index in [-0.39, 0.29) is 0 Å². The van der Waals surface area contributed by atoms with Gasteiger partial charge < -0.3 is 5.32 Å². The minimum Gasteiger partial charge on any atom is -0.316 e. The van der Waals surface area contributed by atoms with E-state index in [1.54, 1.807) is 0 Å². The molecule has 1 aromatic heterocycles. The van der Waals surface area contributed by atoms with Crippen LogP contribution in [0, 0.1) is 5.92 Å². The molecule has 0 saturated heterocycles. The summed E-state index contributed by atoms with van der Waals surface area (Å²) in [6.07, 6.45) is 4.81. The van der Waals surface area contributed by atoms with Gasteiger partial charge in [-0.2, -0.15) is 0 Å². The first kappa shape index (κ1) is 10.2. The van der Waals surface area contributed by atoms with Gasteiger partial charge in [0.1, 0.15) is 0 Å². The molecule has 2 heteroatoms. The van der Waals surface area contributed by atoms with Crippen LogP contribution >= 0.6 is 0 Å². The molecule has 1 heterocycles. The lowest BCUT2D eigenvalue weighted by Gasteiger charge is -2.06. The second-order valence-electron chi connectivity index (χ2n) is 3.71. The molecule has 1 aromatic rings. The molecule has 72 valence electrons. The van der Waals surface area contributed by atoms with Crippen molar-refractivity contribution in [1.82, 2.24) is 10.3 Å². The highest BCUT2D eigenvalue weighted by Gasteiger charge is 1.93. The first-order valence-electron chi connectivity index (χ1n) is 4.88. The largest absolute Gasteiger partial charge is 0.316 e. The Bertz CT molecular complexity index is 219. The minimum atomic E-state index is 0.730. The lowest BCUT2D eigenvalue weighted by atomic mass is 10.2. The minimum absolute atomic E-state index is 0.730. The quantitative estimate of drug-likeness (QED) is 0.696. The van der Waals surface area contributed by atoms with Crippen molar-refractivity contribution in [2.75, 3.05) is 13.1 Å². The molecule has 0 aliphatic rings. The zero-order chi connectivity index (χ0) is 9.52. The van der Waals surface area contributed by atoms with Crippen LogP contribution in [0.2, 0.25) is 0 Å². The third-order valence-corrected chi connectivity index (χ3v) is 1.87. The van der Waals surface area contributed by atoms with Crippen LogP contribution in [0.5, 0.6) is 0 Å². The van der Waals surface area contributed by atoms with Crippen LogP contribution in [0.1, 0.15) is 19.4 Å². The van der Waals surface area contributed by atoms with Gasteiger partial charge in [-0.3, -0.25) is 4.98 Å². The number of nitrogens with one attached hydrogen (secondary N) is 1. The Labute approximate surface area is 80.4 Å². The van der Waals surface area contributed by atoms with Crippen molar-refractivity contribution in [1.29, 1.82) is 0 Å². The van der Waals surface area contributed by atoms with E-state index in [0.717, 1.165) is 25.4 Å². The smallest absolute Gasteiger partial charge is 0.0300 e. The van der Waals surface area contributed by atoms with Crippen molar-refractivity contribution in [3.63, 3.8) is 0 Å². The normalized spacial score (nSPS) is 10.7. The highest BCUT2D eigenvalue weighted by molar-refractivity contribution is 5.08. The number of hydrogen-bond acceptors (Lipinski definition) is 2. The van der Waals surface area contributed by atoms with E-state index in [1.165, 1.54) is 5.56 Å². The molecule has 1 N–H and O–H groups in total. The topological polar surface area (TPSA) is 24.9 Å². The molecule has 0 fully saturated rings. The van der Waals surface area contributed by atoms with Gasteiger partial charge in [-0.15, -0.1) is 0 Å². The maximum absolute atomic E-state index is 4.07. The van der Waals surface area contributed by atoms with Crippen LogP contribution in [0.25, 0.3) is 0 Å². The second kappa shape index (κ2) is 5.70. The Kier molecular flexibility index (Phi) is 4.47. The molecule has 13 heavy (non-hydrogen) atoms. The highest BCUT2D eigenvalue weighted by atomic mass is 14.8. The Morgan fingerprint density at radius 1 is 1.46 bits per heavy atom. The van der Waals surface area contributed by atoms with Crippen molar-refractivity contribution < 1.29 is 0 Å². The zero-order valence-electron chi connectivity index (χ0n) is 8.46. The summed E-state index contributed by atoms with van der Waals surface area (Å²) >= 11 is 0. The Morgan fingerprint density at radius 2 is 2.31 bits per heavy atom. The van der Waals surface area contributed by atoms with Crippen molar-refractivity contribution in [2.45, 2.75) is 20.3 Å². The van der Waals surface area contributed by atoms with E-state index in [0.29, 0.717) is 0 Å². The lowest BCUT2D eigenvalue weighted by molar-refractivity contribution is 0.554. The predicted molar refractivity (Wildman–Crippen MR) is 55.6 cm³/mol. The molecular weight excluding hydrogens is 160 g/mol. The molecule has 0 saturated carbocycles. The number of rotatable bonds is 5. The van der Waals surface area contributed by atoms with Crippen LogP contribution < -0.4 is 5.32 Å². The number of hydrogen-bond donors (Lipinski definition) is 1. The van der Waals surface area contributed by atoms with Gasteiger partial charge in [-0.05, 0) is 37.1 Å². The number of aromatic nitrogens is 1. The van der Waals surface area contributed by atoms with Crippen LogP contribution in [-0.4, -0.2) is 18.1 Å². The third-order valence-electron chi connectivity index (χ3n) is 1.87. The van der Waals surface area contributed by atoms with Crippen LogP contribution in [0.15, 0.2) is 24.5 Å². The maximum Gasteiger partial charge on any atom is 0.0300 e. The monoisotopic (exact) mass is 178 g/mol. The predicted octanol–water partition coefficient (Wildman–Crippen LogP) is 1.87. The average molecular weight is 178 g/mol. The summed E-state index contributed by atoms with van der Waals surface area (Å²) in [5.74, 6) is 0.730. The summed E-state index contributed by atoms with van der Waals surface area (Å²) in [5, 5.41) is 3.41. The average Bonchev–Trinajstić information content (AvgIpc) is 2.14. The highest BCUT2D eigenvalue weighted by Crippen LogP contribution is 1.95. The van der Waals surface area contributed by atoms with Gasteiger partial charge in [0.05, 0.1) is 0 Å². The summed E-state index contributed by atoms with van der Waals surface area (Å²) < 4.78 is 0. The summed E-state index contributed by atoms with van der Waals surface area (Å²) in [7, 11) is 0. The number of nitrogens with zero attached hydrogens (tertiary/aromatic N) is 1. The maximum atomic E-state index is 4.07. The molecule has 0 atom stereocenters. The van der Waals surface area contributed by atoms with E-state index in [2.05, 4.69) is 30.2 Å². The Balaban J connectivity index is 2.13. The summed E-state index contributed by atoms with van der Waals surface area (Å²) in [4.78, 5) is 4.07. The molecule has 0 spiro atoms. The van der Waals surface area contributed by atoms with Crippen LogP contribution in [0.3, 0.4) is 0 Å². The SMILES string of the molecule is CC(C)CNCCc1cccnc1. The third kappa shape index (κ3) is 4.63. The fourth-order valence-corrected chi connectivity index (χ4v) is 1.17. The van der Waals surface area contributed by atoms with Crippen LogP contribution in [0.4, 0.5) is 0 Å². The summed E-state index contributed by atoms with van der Waals surface area (Å²) in [5.41, 5.74) is 1.30. The molecule has 1 rings (SSSR count). The van der Waals surface area contributed by atoms with Crippen LogP contribution in [-0.2, 0) is 6.42 Å². The Hall–Kier alpha value is -0.890. The Morgan fingerprint density at radius 3 is 2.92 bits per heavy atom. The van der Waals surface area contributed by atoms with Gasteiger partial charge in [-0.25, -0.2) is 0 Å². The second-order valence-corrected chi connectivity index (χ2v) is 3.71. The first-order valence-corrected chi connectivity index (χ1v) is 4.88. The van der Waals surface area contributed by atoms with E-state index in [9.17, 15) is 0 Å². The van der Waals surface area contributed by atoms with Gasteiger partial charge in [0.25, 0.3) is 0 Å². The molecular formula is C11H18N2. The molecule has 0 amide bonds. The molecule has 0 aliphatic carbocycles. The zero-order valence-corrected chi connectivity index (χ0v) is 8.46. The van der Waals surface area contributed by atoms with Crippen molar-refractivity contribution in [3.8, 4) is 0 Å². The van der Waals surface area contributed by atoms with Gasteiger partial charge >= 0.3 is 0 Å². The van der Waals surface area contributed by atoms with Crippen molar-refractivity contribution >= 4 is 0 Å². The molecule has 2 nitrogen and oxygen atoms in total. The molecule has 0 bridgehead atoms.